The van der Waals surface area contributed by atoms with E-state index in [0.29, 0.717) is 23.8 Å². The molecule has 0 aliphatic rings. The molecule has 1 heterocycles. The van der Waals surface area contributed by atoms with Crippen LogP contribution in [0.25, 0.3) is 11.5 Å². The SMILES string of the molecule is O=C(CCSc1ccc(F)cc1)Nc1cccc(-c2nnco2)c1. The summed E-state index contributed by atoms with van der Waals surface area (Å²) in [7, 11) is 0. The van der Waals surface area contributed by atoms with Crippen molar-refractivity contribution < 1.29 is 13.6 Å². The summed E-state index contributed by atoms with van der Waals surface area (Å²) in [4.78, 5) is 13.0. The lowest BCUT2D eigenvalue weighted by atomic mass is 10.2. The summed E-state index contributed by atoms with van der Waals surface area (Å²) < 4.78 is 18.0. The van der Waals surface area contributed by atoms with Crippen LogP contribution in [0.4, 0.5) is 10.1 Å². The molecule has 0 aliphatic carbocycles. The van der Waals surface area contributed by atoms with Crippen LogP contribution in [-0.4, -0.2) is 21.9 Å². The predicted molar refractivity (Wildman–Crippen MR) is 90.1 cm³/mol. The molecular weight excluding hydrogens is 329 g/mol. The molecule has 3 rings (SSSR count). The van der Waals surface area contributed by atoms with Crippen LogP contribution < -0.4 is 5.32 Å². The average molecular weight is 343 g/mol. The number of carbonyl (C=O) groups is 1. The molecule has 0 unspecified atom stereocenters. The highest BCUT2D eigenvalue weighted by Crippen LogP contribution is 2.21. The second kappa shape index (κ2) is 7.74. The molecule has 0 atom stereocenters. The minimum absolute atomic E-state index is 0.0905. The third-order valence-electron chi connectivity index (χ3n) is 3.16. The number of halogens is 1. The van der Waals surface area contributed by atoms with Gasteiger partial charge < -0.3 is 9.73 Å². The molecule has 122 valence electrons. The van der Waals surface area contributed by atoms with Gasteiger partial charge in [-0.2, -0.15) is 0 Å². The highest BCUT2D eigenvalue weighted by molar-refractivity contribution is 7.99. The molecule has 0 aliphatic heterocycles. The predicted octanol–water partition coefficient (Wildman–Crippen LogP) is 4.00. The Kier molecular flexibility index (Phi) is 5.22. The van der Waals surface area contributed by atoms with Crippen LogP contribution in [0.15, 0.2) is 64.2 Å². The van der Waals surface area contributed by atoms with Gasteiger partial charge in [-0.15, -0.1) is 22.0 Å². The Hall–Kier alpha value is -2.67. The van der Waals surface area contributed by atoms with E-state index >= 15 is 0 Å². The second-order valence-corrected chi connectivity index (χ2v) is 6.09. The average Bonchev–Trinajstić information content (AvgIpc) is 3.11. The molecular formula is C17H14FN3O2S. The van der Waals surface area contributed by atoms with Crippen LogP contribution in [0, 0.1) is 5.82 Å². The van der Waals surface area contributed by atoms with Crippen LogP contribution >= 0.6 is 11.8 Å². The summed E-state index contributed by atoms with van der Waals surface area (Å²) in [6.07, 6.45) is 1.61. The fraction of sp³-hybridized carbons (Fsp3) is 0.118. The van der Waals surface area contributed by atoms with Crippen LogP contribution in [0.5, 0.6) is 0 Å². The van der Waals surface area contributed by atoms with Gasteiger partial charge in [0.05, 0.1) is 0 Å². The van der Waals surface area contributed by atoms with Crippen molar-refractivity contribution in [2.24, 2.45) is 0 Å². The Labute approximate surface area is 142 Å². The van der Waals surface area contributed by atoms with Crippen molar-refractivity contribution >= 4 is 23.4 Å². The van der Waals surface area contributed by atoms with Gasteiger partial charge in [-0.3, -0.25) is 4.79 Å². The lowest BCUT2D eigenvalue weighted by molar-refractivity contribution is -0.115. The Morgan fingerprint density at radius 1 is 1.21 bits per heavy atom. The summed E-state index contributed by atoms with van der Waals surface area (Å²) >= 11 is 1.51. The molecule has 0 saturated heterocycles. The summed E-state index contributed by atoms with van der Waals surface area (Å²) in [6.45, 7) is 0. The fourth-order valence-corrected chi connectivity index (χ4v) is 2.90. The van der Waals surface area contributed by atoms with Crippen LogP contribution in [-0.2, 0) is 4.79 Å². The third kappa shape index (κ3) is 4.42. The number of hydrogen-bond acceptors (Lipinski definition) is 5. The number of benzene rings is 2. The van der Waals surface area contributed by atoms with Gasteiger partial charge >= 0.3 is 0 Å². The smallest absolute Gasteiger partial charge is 0.247 e. The van der Waals surface area contributed by atoms with Crippen molar-refractivity contribution in [3.05, 3.63) is 60.7 Å². The number of hydrogen-bond donors (Lipinski definition) is 1. The number of aromatic nitrogens is 2. The third-order valence-corrected chi connectivity index (χ3v) is 4.18. The maximum atomic E-state index is 12.8. The summed E-state index contributed by atoms with van der Waals surface area (Å²) in [5, 5.41) is 10.3. The lowest BCUT2D eigenvalue weighted by Crippen LogP contribution is -2.12. The number of nitrogens with one attached hydrogen (secondary N) is 1. The van der Waals surface area contributed by atoms with E-state index in [0.717, 1.165) is 10.5 Å². The van der Waals surface area contributed by atoms with Crippen LogP contribution in [0.3, 0.4) is 0 Å². The summed E-state index contributed by atoms with van der Waals surface area (Å²) in [5.41, 5.74) is 1.41. The standard InChI is InChI=1S/C17H14FN3O2S/c18-13-4-6-15(7-5-13)24-9-8-16(22)20-14-3-1-2-12(10-14)17-21-19-11-23-17/h1-7,10-11H,8-9H2,(H,20,22). The van der Waals surface area contributed by atoms with Gasteiger partial charge in [0.2, 0.25) is 18.2 Å². The molecule has 0 radical (unpaired) electrons. The normalized spacial score (nSPS) is 10.5. The number of thioether (sulfide) groups is 1. The second-order valence-electron chi connectivity index (χ2n) is 4.93. The first-order chi connectivity index (χ1) is 11.7. The van der Waals surface area contributed by atoms with E-state index in [1.807, 2.05) is 12.1 Å². The Balaban J connectivity index is 1.51. The van der Waals surface area contributed by atoms with E-state index < -0.39 is 0 Å². The topological polar surface area (TPSA) is 68.0 Å². The molecule has 0 saturated carbocycles. The van der Waals surface area contributed by atoms with E-state index in [9.17, 15) is 9.18 Å². The quantitative estimate of drug-likeness (QED) is 0.685. The molecule has 7 heteroatoms. The molecule has 0 fully saturated rings. The first-order valence-electron chi connectivity index (χ1n) is 7.25. The van der Waals surface area contributed by atoms with Gasteiger partial charge in [0.1, 0.15) is 5.82 Å². The van der Waals surface area contributed by atoms with Crippen molar-refractivity contribution in [3.8, 4) is 11.5 Å². The first kappa shape index (κ1) is 16.2. The van der Waals surface area contributed by atoms with Crippen LogP contribution in [0.1, 0.15) is 6.42 Å². The largest absolute Gasteiger partial charge is 0.423 e. The molecule has 5 nitrogen and oxygen atoms in total. The molecule has 24 heavy (non-hydrogen) atoms. The molecule has 1 aromatic heterocycles. The van der Waals surface area contributed by atoms with Gasteiger partial charge in [0.25, 0.3) is 0 Å². The number of amides is 1. The van der Waals surface area contributed by atoms with Gasteiger partial charge in [0.15, 0.2) is 0 Å². The molecule has 3 aromatic rings. The summed E-state index contributed by atoms with van der Waals surface area (Å²) in [5.74, 6) is 0.657. The number of anilines is 1. The van der Waals surface area contributed by atoms with Crippen molar-refractivity contribution in [1.82, 2.24) is 10.2 Å². The maximum Gasteiger partial charge on any atom is 0.247 e. The monoisotopic (exact) mass is 343 g/mol. The number of rotatable bonds is 6. The molecule has 1 N–H and O–H groups in total. The Bertz CT molecular complexity index is 807. The van der Waals surface area contributed by atoms with E-state index in [-0.39, 0.29) is 11.7 Å². The van der Waals surface area contributed by atoms with Crippen LogP contribution in [0.2, 0.25) is 0 Å². The minimum atomic E-state index is -0.266. The zero-order chi connectivity index (χ0) is 16.8. The molecule has 0 bridgehead atoms. The molecule has 2 aromatic carbocycles. The van der Waals surface area contributed by atoms with Crippen molar-refractivity contribution in [1.29, 1.82) is 0 Å². The van der Waals surface area contributed by atoms with E-state index in [1.165, 1.54) is 30.3 Å². The van der Waals surface area contributed by atoms with Crippen molar-refractivity contribution in [2.45, 2.75) is 11.3 Å². The molecule has 0 spiro atoms. The van der Waals surface area contributed by atoms with Crippen molar-refractivity contribution in [2.75, 3.05) is 11.1 Å². The highest BCUT2D eigenvalue weighted by Gasteiger charge is 2.07. The van der Waals surface area contributed by atoms with Crippen molar-refractivity contribution in [3.63, 3.8) is 0 Å². The fourth-order valence-electron chi connectivity index (χ4n) is 2.04. The lowest BCUT2D eigenvalue weighted by Gasteiger charge is -2.06. The number of nitrogens with zero attached hydrogens (tertiary/aromatic N) is 2. The van der Waals surface area contributed by atoms with E-state index in [2.05, 4.69) is 15.5 Å². The Morgan fingerprint density at radius 3 is 2.79 bits per heavy atom. The first-order valence-corrected chi connectivity index (χ1v) is 8.24. The molecule has 1 amide bonds. The minimum Gasteiger partial charge on any atom is -0.423 e. The Morgan fingerprint density at radius 2 is 2.04 bits per heavy atom. The van der Waals surface area contributed by atoms with Gasteiger partial charge in [-0.1, -0.05) is 6.07 Å². The zero-order valence-corrected chi connectivity index (χ0v) is 13.4. The zero-order valence-electron chi connectivity index (χ0n) is 12.6. The van der Waals surface area contributed by atoms with Gasteiger partial charge in [-0.25, -0.2) is 4.39 Å². The highest BCUT2D eigenvalue weighted by atomic mass is 32.2. The van der Waals surface area contributed by atoms with E-state index in [1.54, 1.807) is 24.3 Å². The maximum absolute atomic E-state index is 12.8. The van der Waals surface area contributed by atoms with E-state index in [4.69, 9.17) is 4.42 Å². The van der Waals surface area contributed by atoms with Gasteiger partial charge in [0, 0.05) is 28.3 Å². The number of carbonyl (C=O) groups excluding carboxylic acids is 1. The van der Waals surface area contributed by atoms with Gasteiger partial charge in [-0.05, 0) is 42.5 Å². The summed E-state index contributed by atoms with van der Waals surface area (Å²) in [6, 6.07) is 13.4.